The summed E-state index contributed by atoms with van der Waals surface area (Å²) >= 11 is 0. The molecule has 7 nitrogen and oxygen atoms in total. The minimum absolute atomic E-state index is 0.172. The number of nitrogens with zero attached hydrogens (tertiary/aromatic N) is 4. The van der Waals surface area contributed by atoms with Crippen molar-refractivity contribution in [3.63, 3.8) is 0 Å². The molecule has 7 heteroatoms. The number of para-hydroxylation sites is 1. The standard InChI is InChI=1S/C26H30N4O3/c1-26(2,3)33-25(32)18-29-12-14-30(15-13-29)21-10-8-19(9-11-21)20-16-23(28-27-17-20)22-6-4-5-7-24(22)31/h4-11,16-17,31H,12-15,18H2,1-3H3. The summed E-state index contributed by atoms with van der Waals surface area (Å²) in [5.41, 5.74) is 3.97. The van der Waals surface area contributed by atoms with E-state index in [9.17, 15) is 9.90 Å². The Morgan fingerprint density at radius 3 is 2.36 bits per heavy atom. The Labute approximate surface area is 194 Å². The molecular weight excluding hydrogens is 416 g/mol. The van der Waals surface area contributed by atoms with Gasteiger partial charge in [-0.05, 0) is 56.7 Å². The quantitative estimate of drug-likeness (QED) is 0.594. The summed E-state index contributed by atoms with van der Waals surface area (Å²) in [4.78, 5) is 16.6. The third-order valence-corrected chi connectivity index (χ3v) is 5.55. The molecular formula is C26H30N4O3. The van der Waals surface area contributed by atoms with Gasteiger partial charge in [0.05, 0.1) is 18.4 Å². The molecule has 1 N–H and O–H groups in total. The Morgan fingerprint density at radius 1 is 1.00 bits per heavy atom. The lowest BCUT2D eigenvalue weighted by molar-refractivity contribution is -0.156. The van der Waals surface area contributed by atoms with Gasteiger partial charge >= 0.3 is 5.97 Å². The second kappa shape index (κ2) is 9.58. The number of benzene rings is 2. The zero-order valence-corrected chi connectivity index (χ0v) is 19.4. The molecule has 0 aliphatic carbocycles. The first-order valence-corrected chi connectivity index (χ1v) is 11.2. The number of hydrogen-bond acceptors (Lipinski definition) is 7. The maximum absolute atomic E-state index is 12.1. The van der Waals surface area contributed by atoms with Crippen LogP contribution in [0.4, 0.5) is 5.69 Å². The van der Waals surface area contributed by atoms with Crippen molar-refractivity contribution in [2.24, 2.45) is 0 Å². The minimum atomic E-state index is -0.451. The van der Waals surface area contributed by atoms with Crippen molar-refractivity contribution >= 4 is 11.7 Å². The van der Waals surface area contributed by atoms with E-state index in [-0.39, 0.29) is 11.7 Å². The lowest BCUT2D eigenvalue weighted by Gasteiger charge is -2.36. The minimum Gasteiger partial charge on any atom is -0.507 e. The Balaban J connectivity index is 1.38. The van der Waals surface area contributed by atoms with Crippen molar-refractivity contribution in [2.45, 2.75) is 26.4 Å². The van der Waals surface area contributed by atoms with Crippen LogP contribution < -0.4 is 4.90 Å². The van der Waals surface area contributed by atoms with Crippen LogP contribution in [0.2, 0.25) is 0 Å². The van der Waals surface area contributed by atoms with Crippen LogP contribution in [-0.2, 0) is 9.53 Å². The normalized spacial score (nSPS) is 14.8. The number of esters is 1. The Kier molecular flexibility index (Phi) is 6.60. The fraction of sp³-hybridized carbons (Fsp3) is 0.346. The van der Waals surface area contributed by atoms with Crippen molar-refractivity contribution < 1.29 is 14.6 Å². The third-order valence-electron chi connectivity index (χ3n) is 5.55. The maximum Gasteiger partial charge on any atom is 0.320 e. The molecule has 0 bridgehead atoms. The van der Waals surface area contributed by atoms with E-state index in [1.807, 2.05) is 39.0 Å². The van der Waals surface area contributed by atoms with Crippen LogP contribution in [0.25, 0.3) is 22.4 Å². The predicted molar refractivity (Wildman–Crippen MR) is 129 cm³/mol. The van der Waals surface area contributed by atoms with Gasteiger partial charge in [0.2, 0.25) is 0 Å². The fourth-order valence-electron chi connectivity index (χ4n) is 3.93. The Hall–Kier alpha value is -3.45. The molecule has 1 aromatic heterocycles. The lowest BCUT2D eigenvalue weighted by Crippen LogP contribution is -2.48. The van der Waals surface area contributed by atoms with Crippen LogP contribution in [0.15, 0.2) is 60.8 Å². The van der Waals surface area contributed by atoms with E-state index in [1.54, 1.807) is 18.3 Å². The molecule has 4 rings (SSSR count). The average Bonchev–Trinajstić information content (AvgIpc) is 2.79. The van der Waals surface area contributed by atoms with Gasteiger partial charge < -0.3 is 14.7 Å². The van der Waals surface area contributed by atoms with E-state index < -0.39 is 5.60 Å². The molecule has 0 saturated carbocycles. The number of aromatic hydroxyl groups is 1. The maximum atomic E-state index is 12.1. The first kappa shape index (κ1) is 22.7. The number of ether oxygens (including phenoxy) is 1. The molecule has 172 valence electrons. The number of hydrogen-bond donors (Lipinski definition) is 1. The van der Waals surface area contributed by atoms with E-state index in [2.05, 4.69) is 44.3 Å². The van der Waals surface area contributed by atoms with Crippen molar-refractivity contribution in [1.29, 1.82) is 0 Å². The van der Waals surface area contributed by atoms with Crippen LogP contribution in [0, 0.1) is 0 Å². The SMILES string of the molecule is CC(C)(C)OC(=O)CN1CCN(c2ccc(-c3cnnc(-c4ccccc4O)c3)cc2)CC1. The summed E-state index contributed by atoms with van der Waals surface area (Å²) in [6.45, 7) is 9.35. The molecule has 2 heterocycles. The van der Waals surface area contributed by atoms with Crippen molar-refractivity contribution in [3.05, 3.63) is 60.8 Å². The third kappa shape index (κ3) is 5.87. The molecule has 2 aromatic carbocycles. The van der Waals surface area contributed by atoms with Gasteiger partial charge in [-0.1, -0.05) is 24.3 Å². The molecule has 0 unspecified atom stereocenters. The molecule has 1 aliphatic heterocycles. The van der Waals surface area contributed by atoms with E-state index in [0.29, 0.717) is 17.8 Å². The molecule has 0 atom stereocenters. The zero-order chi connectivity index (χ0) is 23.4. The monoisotopic (exact) mass is 446 g/mol. The van der Waals surface area contributed by atoms with Gasteiger partial charge in [-0.15, -0.1) is 0 Å². The van der Waals surface area contributed by atoms with Crippen molar-refractivity contribution in [3.8, 4) is 28.1 Å². The van der Waals surface area contributed by atoms with Gasteiger partial charge in [0.1, 0.15) is 11.4 Å². The van der Waals surface area contributed by atoms with Crippen molar-refractivity contribution in [2.75, 3.05) is 37.6 Å². The molecule has 1 saturated heterocycles. The molecule has 0 amide bonds. The van der Waals surface area contributed by atoms with Crippen LogP contribution in [0.5, 0.6) is 5.75 Å². The number of aromatic nitrogens is 2. The van der Waals surface area contributed by atoms with E-state index in [4.69, 9.17) is 4.74 Å². The van der Waals surface area contributed by atoms with Gasteiger partial charge in [0, 0.05) is 43.0 Å². The summed E-state index contributed by atoms with van der Waals surface area (Å²) in [5, 5.41) is 18.4. The fourth-order valence-corrected chi connectivity index (χ4v) is 3.93. The Morgan fingerprint density at radius 2 is 1.70 bits per heavy atom. The largest absolute Gasteiger partial charge is 0.507 e. The molecule has 33 heavy (non-hydrogen) atoms. The number of phenolic OH excluding ortho intramolecular Hbond substituents is 1. The summed E-state index contributed by atoms with van der Waals surface area (Å²) in [5.74, 6) is 0.0135. The van der Waals surface area contributed by atoms with Gasteiger partial charge in [-0.2, -0.15) is 10.2 Å². The van der Waals surface area contributed by atoms with E-state index in [0.717, 1.165) is 43.0 Å². The first-order chi connectivity index (χ1) is 15.8. The molecule has 3 aromatic rings. The summed E-state index contributed by atoms with van der Waals surface area (Å²) in [6, 6.07) is 17.4. The number of piperazine rings is 1. The highest BCUT2D eigenvalue weighted by Crippen LogP contribution is 2.30. The van der Waals surface area contributed by atoms with Gasteiger partial charge in [0.25, 0.3) is 0 Å². The molecule has 0 radical (unpaired) electrons. The summed E-state index contributed by atoms with van der Waals surface area (Å²) in [6.07, 6.45) is 1.73. The topological polar surface area (TPSA) is 78.8 Å². The van der Waals surface area contributed by atoms with E-state index >= 15 is 0 Å². The summed E-state index contributed by atoms with van der Waals surface area (Å²) < 4.78 is 5.43. The second-order valence-electron chi connectivity index (χ2n) is 9.24. The lowest BCUT2D eigenvalue weighted by atomic mass is 10.0. The highest BCUT2D eigenvalue weighted by atomic mass is 16.6. The first-order valence-electron chi connectivity index (χ1n) is 11.2. The van der Waals surface area contributed by atoms with Gasteiger partial charge in [-0.25, -0.2) is 0 Å². The summed E-state index contributed by atoms with van der Waals surface area (Å²) in [7, 11) is 0. The van der Waals surface area contributed by atoms with Gasteiger partial charge in [0.15, 0.2) is 0 Å². The number of rotatable bonds is 5. The molecule has 0 spiro atoms. The highest BCUT2D eigenvalue weighted by Gasteiger charge is 2.22. The van der Waals surface area contributed by atoms with Crippen LogP contribution >= 0.6 is 0 Å². The van der Waals surface area contributed by atoms with Crippen LogP contribution in [0.1, 0.15) is 20.8 Å². The smallest absolute Gasteiger partial charge is 0.320 e. The van der Waals surface area contributed by atoms with E-state index in [1.165, 1.54) is 0 Å². The predicted octanol–water partition coefficient (Wildman–Crippen LogP) is 3.98. The highest BCUT2D eigenvalue weighted by molar-refractivity contribution is 5.73. The number of anilines is 1. The second-order valence-corrected chi connectivity index (χ2v) is 9.24. The van der Waals surface area contributed by atoms with Crippen LogP contribution in [0.3, 0.4) is 0 Å². The Bertz CT molecular complexity index is 1100. The molecule has 1 fully saturated rings. The number of carbonyl (C=O) groups excluding carboxylic acids is 1. The van der Waals surface area contributed by atoms with Gasteiger partial charge in [-0.3, -0.25) is 9.69 Å². The van der Waals surface area contributed by atoms with Crippen molar-refractivity contribution in [1.82, 2.24) is 15.1 Å². The number of phenols is 1. The van der Waals surface area contributed by atoms with Crippen LogP contribution in [-0.4, -0.2) is 64.5 Å². The zero-order valence-electron chi connectivity index (χ0n) is 19.4. The molecule has 1 aliphatic rings. The average molecular weight is 447 g/mol. The number of carbonyl (C=O) groups is 1.